The predicted molar refractivity (Wildman–Crippen MR) is 81.2 cm³/mol. The Morgan fingerprint density at radius 2 is 1.72 bits per heavy atom. The molecule has 1 aromatic carbocycles. The molecule has 0 saturated carbocycles. The number of aryl methyl sites for hydroxylation is 1. The third-order valence-corrected chi connectivity index (χ3v) is 6.06. The van der Waals surface area contributed by atoms with Crippen LogP contribution < -0.4 is 0 Å². The summed E-state index contributed by atoms with van der Waals surface area (Å²) in [4.78, 5) is 0.202. The van der Waals surface area contributed by atoms with Gasteiger partial charge in [-0.2, -0.15) is 17.5 Å². The van der Waals surface area contributed by atoms with Gasteiger partial charge < -0.3 is 4.42 Å². The van der Waals surface area contributed by atoms with Crippen LogP contribution >= 0.6 is 0 Å². The van der Waals surface area contributed by atoms with Gasteiger partial charge in [0.15, 0.2) is 0 Å². The normalized spacial score (nSPS) is 17.8. The highest BCUT2D eigenvalue weighted by molar-refractivity contribution is 7.89. The summed E-state index contributed by atoms with van der Waals surface area (Å²) < 4.78 is 68.8. The molecule has 1 aliphatic heterocycles. The summed E-state index contributed by atoms with van der Waals surface area (Å²) in [5.74, 6) is -1.86. The summed E-state index contributed by atoms with van der Waals surface area (Å²) in [5, 5.41) is 6.47. The van der Waals surface area contributed by atoms with Crippen molar-refractivity contribution in [3.63, 3.8) is 0 Å². The molecule has 0 amide bonds. The minimum atomic E-state index is -4.68. The van der Waals surface area contributed by atoms with Gasteiger partial charge >= 0.3 is 12.1 Å². The molecule has 0 bridgehead atoms. The van der Waals surface area contributed by atoms with Gasteiger partial charge in [0.2, 0.25) is 15.9 Å². The number of rotatable bonds is 3. The molecular formula is C15H16F3N3O3S. The first-order valence-electron chi connectivity index (χ1n) is 7.65. The van der Waals surface area contributed by atoms with Gasteiger partial charge in [-0.15, -0.1) is 10.2 Å². The first kappa shape index (κ1) is 17.9. The van der Waals surface area contributed by atoms with E-state index in [1.54, 1.807) is 24.3 Å². The Bertz CT molecular complexity index is 839. The maximum atomic E-state index is 12.6. The summed E-state index contributed by atoms with van der Waals surface area (Å²) in [6.07, 6.45) is -4.03. The van der Waals surface area contributed by atoms with Gasteiger partial charge in [0.25, 0.3) is 0 Å². The van der Waals surface area contributed by atoms with Crippen LogP contribution in [0.5, 0.6) is 0 Å². The number of hydrogen-bond acceptors (Lipinski definition) is 5. The molecule has 136 valence electrons. The number of alkyl halides is 3. The number of benzene rings is 1. The largest absolute Gasteiger partial charge is 0.470 e. The standard InChI is InChI=1S/C15H16F3N3O3S/c1-10-2-4-12(5-3-10)25(22,23)21-8-6-11(7-9-21)13-19-20-14(24-13)15(16,17)18/h2-5,11H,6-9H2,1H3. The molecule has 1 saturated heterocycles. The Morgan fingerprint density at radius 1 is 1.12 bits per heavy atom. The van der Waals surface area contributed by atoms with Crippen LogP contribution in [-0.2, 0) is 16.2 Å². The predicted octanol–water partition coefficient (Wildman–Crippen LogP) is 2.97. The summed E-state index contributed by atoms with van der Waals surface area (Å²) in [7, 11) is -3.62. The molecule has 0 aliphatic carbocycles. The fourth-order valence-corrected chi connectivity index (χ4v) is 4.19. The van der Waals surface area contributed by atoms with Gasteiger partial charge in [0, 0.05) is 19.0 Å². The maximum absolute atomic E-state index is 12.6. The van der Waals surface area contributed by atoms with Gasteiger partial charge in [-0.1, -0.05) is 17.7 Å². The molecule has 0 atom stereocenters. The summed E-state index contributed by atoms with van der Waals surface area (Å²) in [6.45, 7) is 2.23. The molecule has 2 aromatic rings. The molecule has 25 heavy (non-hydrogen) atoms. The number of sulfonamides is 1. The van der Waals surface area contributed by atoms with Crippen molar-refractivity contribution in [2.75, 3.05) is 13.1 Å². The maximum Gasteiger partial charge on any atom is 0.470 e. The van der Waals surface area contributed by atoms with E-state index in [1.165, 1.54) is 4.31 Å². The molecule has 0 unspecified atom stereocenters. The lowest BCUT2D eigenvalue weighted by Gasteiger charge is -2.29. The van der Waals surface area contributed by atoms with E-state index in [4.69, 9.17) is 4.42 Å². The zero-order chi connectivity index (χ0) is 18.2. The molecule has 1 fully saturated rings. The quantitative estimate of drug-likeness (QED) is 0.824. The number of nitrogens with zero attached hydrogens (tertiary/aromatic N) is 3. The average Bonchev–Trinajstić information content (AvgIpc) is 3.06. The number of aromatic nitrogens is 2. The van der Waals surface area contributed by atoms with Gasteiger partial charge in [-0.05, 0) is 31.9 Å². The minimum Gasteiger partial charge on any atom is -0.417 e. The van der Waals surface area contributed by atoms with Gasteiger partial charge in [-0.25, -0.2) is 8.42 Å². The Morgan fingerprint density at radius 3 is 2.24 bits per heavy atom. The van der Waals surface area contributed by atoms with Crippen molar-refractivity contribution in [2.24, 2.45) is 0 Å². The van der Waals surface area contributed by atoms with Crippen molar-refractivity contribution < 1.29 is 26.0 Å². The zero-order valence-electron chi connectivity index (χ0n) is 13.3. The Labute approximate surface area is 142 Å². The van der Waals surface area contributed by atoms with Crippen LogP contribution in [0.25, 0.3) is 0 Å². The number of halogens is 3. The van der Waals surface area contributed by atoms with Crippen LogP contribution in [-0.4, -0.2) is 36.0 Å². The summed E-state index contributed by atoms with van der Waals surface area (Å²) in [6, 6.07) is 6.53. The van der Waals surface area contributed by atoms with Crippen molar-refractivity contribution >= 4 is 10.0 Å². The average molecular weight is 375 g/mol. The summed E-state index contributed by atoms with van der Waals surface area (Å²) >= 11 is 0. The molecular weight excluding hydrogens is 359 g/mol. The second-order valence-corrected chi connectivity index (χ2v) is 7.87. The Balaban J connectivity index is 1.69. The first-order valence-corrected chi connectivity index (χ1v) is 9.09. The van der Waals surface area contributed by atoms with E-state index in [9.17, 15) is 21.6 Å². The van der Waals surface area contributed by atoms with E-state index in [1.807, 2.05) is 6.92 Å². The van der Waals surface area contributed by atoms with E-state index in [0.29, 0.717) is 12.8 Å². The molecule has 1 aliphatic rings. The number of piperidine rings is 1. The lowest BCUT2D eigenvalue weighted by Crippen LogP contribution is -2.37. The van der Waals surface area contributed by atoms with Crippen LogP contribution in [0.4, 0.5) is 13.2 Å². The van der Waals surface area contributed by atoms with E-state index in [-0.39, 0.29) is 29.8 Å². The zero-order valence-corrected chi connectivity index (χ0v) is 14.1. The molecule has 3 rings (SSSR count). The third-order valence-electron chi connectivity index (χ3n) is 4.15. The van der Waals surface area contributed by atoms with Gasteiger partial charge in [-0.3, -0.25) is 0 Å². The Kier molecular flexibility index (Phi) is 4.58. The van der Waals surface area contributed by atoms with Crippen molar-refractivity contribution in [2.45, 2.75) is 36.8 Å². The van der Waals surface area contributed by atoms with E-state index in [2.05, 4.69) is 10.2 Å². The highest BCUT2D eigenvalue weighted by Gasteiger charge is 2.39. The van der Waals surface area contributed by atoms with Crippen LogP contribution in [0.15, 0.2) is 33.6 Å². The topological polar surface area (TPSA) is 76.3 Å². The fourth-order valence-electron chi connectivity index (χ4n) is 2.72. The van der Waals surface area contributed by atoms with Crippen LogP contribution in [0.2, 0.25) is 0 Å². The minimum absolute atomic E-state index is 0.0975. The van der Waals surface area contributed by atoms with E-state index in [0.717, 1.165) is 5.56 Å². The SMILES string of the molecule is Cc1ccc(S(=O)(=O)N2CCC(c3nnc(C(F)(F)F)o3)CC2)cc1. The van der Waals surface area contributed by atoms with Gasteiger partial charge in [0.05, 0.1) is 4.90 Å². The fraction of sp³-hybridized carbons (Fsp3) is 0.467. The van der Waals surface area contributed by atoms with Gasteiger partial charge in [0.1, 0.15) is 0 Å². The van der Waals surface area contributed by atoms with Crippen LogP contribution in [0.3, 0.4) is 0 Å². The molecule has 10 heteroatoms. The van der Waals surface area contributed by atoms with E-state index >= 15 is 0 Å². The molecule has 0 spiro atoms. The van der Waals surface area contributed by atoms with Crippen molar-refractivity contribution in [3.05, 3.63) is 41.6 Å². The smallest absolute Gasteiger partial charge is 0.417 e. The lowest BCUT2D eigenvalue weighted by atomic mass is 9.98. The van der Waals surface area contributed by atoms with Crippen molar-refractivity contribution in [3.8, 4) is 0 Å². The highest BCUT2D eigenvalue weighted by atomic mass is 32.2. The molecule has 1 aromatic heterocycles. The molecule has 0 N–H and O–H groups in total. The molecule has 2 heterocycles. The van der Waals surface area contributed by atoms with E-state index < -0.39 is 22.1 Å². The third kappa shape index (κ3) is 3.69. The first-order chi connectivity index (χ1) is 11.7. The van der Waals surface area contributed by atoms with Crippen LogP contribution in [0, 0.1) is 6.92 Å². The van der Waals surface area contributed by atoms with Crippen molar-refractivity contribution in [1.29, 1.82) is 0 Å². The number of hydrogen-bond donors (Lipinski definition) is 0. The van der Waals surface area contributed by atoms with Crippen molar-refractivity contribution in [1.82, 2.24) is 14.5 Å². The monoisotopic (exact) mass is 375 g/mol. The lowest BCUT2D eigenvalue weighted by molar-refractivity contribution is -0.157. The molecule has 0 radical (unpaired) electrons. The molecule has 6 nitrogen and oxygen atoms in total. The summed E-state index contributed by atoms with van der Waals surface area (Å²) in [5.41, 5.74) is 0.953. The highest BCUT2D eigenvalue weighted by Crippen LogP contribution is 2.33. The second kappa shape index (κ2) is 6.41. The Hall–Kier alpha value is -1.94. The van der Waals surface area contributed by atoms with Crippen LogP contribution in [0.1, 0.15) is 36.1 Å². The second-order valence-electron chi connectivity index (χ2n) is 5.93.